The highest BCUT2D eigenvalue weighted by atomic mass is 79.9. The van der Waals surface area contributed by atoms with Gasteiger partial charge in [-0.2, -0.15) is 0 Å². The monoisotopic (exact) mass is 244 g/mol. The van der Waals surface area contributed by atoms with Crippen molar-refractivity contribution >= 4 is 15.9 Å². The van der Waals surface area contributed by atoms with E-state index in [0.29, 0.717) is 4.60 Å². The zero-order chi connectivity index (χ0) is 10.1. The molecule has 4 heteroatoms. The molecule has 1 heterocycles. The maximum Gasteiger partial charge on any atom is 0.111 e. The smallest absolute Gasteiger partial charge is 0.111 e. The van der Waals surface area contributed by atoms with Crippen LogP contribution < -0.4 is 5.73 Å². The van der Waals surface area contributed by atoms with Crippen LogP contribution in [0.25, 0.3) is 0 Å². The van der Waals surface area contributed by atoms with Gasteiger partial charge in [0.25, 0.3) is 0 Å². The number of halogens is 1. The molecule has 0 spiro atoms. The van der Waals surface area contributed by atoms with Crippen LogP contribution in [0.5, 0.6) is 0 Å². The van der Waals surface area contributed by atoms with Crippen LogP contribution in [0.4, 0.5) is 0 Å². The largest absolute Gasteiger partial charge is 0.394 e. The Kier molecular flexibility index (Phi) is 3.05. The summed E-state index contributed by atoms with van der Waals surface area (Å²) in [6.45, 7) is 3.61. The van der Waals surface area contributed by atoms with Crippen molar-refractivity contribution in [2.75, 3.05) is 6.61 Å². The third-order valence-electron chi connectivity index (χ3n) is 1.92. The highest BCUT2D eigenvalue weighted by Crippen LogP contribution is 2.24. The standard InChI is InChI=1S/C9H13BrN2O/c1-6-3-7(8(10)12-4-6)9(2,11)5-13/h3-4,13H,5,11H2,1-2H3/t9-/m0/s1. The second-order valence-electron chi connectivity index (χ2n) is 3.43. The molecular formula is C9H13BrN2O. The van der Waals surface area contributed by atoms with E-state index in [2.05, 4.69) is 20.9 Å². The van der Waals surface area contributed by atoms with Gasteiger partial charge in [0.15, 0.2) is 0 Å². The van der Waals surface area contributed by atoms with Gasteiger partial charge in [-0.3, -0.25) is 0 Å². The molecule has 1 aromatic heterocycles. The van der Waals surface area contributed by atoms with E-state index >= 15 is 0 Å². The molecule has 3 N–H and O–H groups in total. The minimum atomic E-state index is -0.738. The number of aromatic nitrogens is 1. The molecule has 1 rings (SSSR count). The molecule has 1 aromatic rings. The SMILES string of the molecule is Cc1cnc(Br)c([C@@](C)(N)CO)c1. The molecule has 0 unspecified atom stereocenters. The zero-order valence-corrected chi connectivity index (χ0v) is 9.30. The van der Waals surface area contributed by atoms with Crippen LogP contribution in [0, 0.1) is 6.92 Å². The summed E-state index contributed by atoms with van der Waals surface area (Å²) in [5, 5.41) is 9.09. The predicted molar refractivity (Wildman–Crippen MR) is 55.3 cm³/mol. The van der Waals surface area contributed by atoms with E-state index < -0.39 is 5.54 Å². The highest BCUT2D eigenvalue weighted by Gasteiger charge is 2.23. The molecule has 0 aliphatic rings. The first-order chi connectivity index (χ1) is 5.97. The number of nitrogens with zero attached hydrogens (tertiary/aromatic N) is 1. The maximum atomic E-state index is 9.09. The van der Waals surface area contributed by atoms with Gasteiger partial charge in [0.05, 0.1) is 12.1 Å². The first kappa shape index (κ1) is 10.6. The second-order valence-corrected chi connectivity index (χ2v) is 4.18. The molecule has 0 aromatic carbocycles. The predicted octanol–water partition coefficient (Wildman–Crippen LogP) is 1.32. The fraction of sp³-hybridized carbons (Fsp3) is 0.444. The molecule has 0 radical (unpaired) electrons. The number of pyridine rings is 1. The average molecular weight is 245 g/mol. The Morgan fingerprint density at radius 2 is 2.31 bits per heavy atom. The fourth-order valence-electron chi connectivity index (χ4n) is 1.04. The van der Waals surface area contributed by atoms with Crippen molar-refractivity contribution in [2.45, 2.75) is 19.4 Å². The van der Waals surface area contributed by atoms with Crippen molar-refractivity contribution in [1.29, 1.82) is 0 Å². The number of rotatable bonds is 2. The zero-order valence-electron chi connectivity index (χ0n) is 7.71. The number of nitrogens with two attached hydrogens (primary N) is 1. The number of hydrogen-bond acceptors (Lipinski definition) is 3. The summed E-state index contributed by atoms with van der Waals surface area (Å²) in [6.07, 6.45) is 1.75. The van der Waals surface area contributed by atoms with Gasteiger partial charge in [-0.1, -0.05) is 0 Å². The van der Waals surface area contributed by atoms with E-state index in [1.807, 2.05) is 13.0 Å². The maximum absolute atomic E-state index is 9.09. The molecule has 13 heavy (non-hydrogen) atoms. The summed E-state index contributed by atoms with van der Waals surface area (Å²) in [6, 6.07) is 1.92. The van der Waals surface area contributed by atoms with Gasteiger partial charge in [-0.25, -0.2) is 4.98 Å². The van der Waals surface area contributed by atoms with Gasteiger partial charge in [0.1, 0.15) is 4.60 Å². The van der Waals surface area contributed by atoms with Crippen LogP contribution in [0.2, 0.25) is 0 Å². The number of aliphatic hydroxyl groups excluding tert-OH is 1. The van der Waals surface area contributed by atoms with E-state index in [-0.39, 0.29) is 6.61 Å². The topological polar surface area (TPSA) is 59.1 Å². The number of aryl methyl sites for hydroxylation is 1. The van der Waals surface area contributed by atoms with Crippen LogP contribution in [0.3, 0.4) is 0 Å². The molecule has 0 saturated heterocycles. The molecule has 1 atom stereocenters. The van der Waals surface area contributed by atoms with Crippen molar-refractivity contribution in [1.82, 2.24) is 4.98 Å². The Hall–Kier alpha value is -0.450. The molecule has 0 fully saturated rings. The van der Waals surface area contributed by atoms with Gasteiger partial charge in [0.2, 0.25) is 0 Å². The Bertz CT molecular complexity index is 312. The van der Waals surface area contributed by atoms with Crippen molar-refractivity contribution in [3.8, 4) is 0 Å². The van der Waals surface area contributed by atoms with Gasteiger partial charge in [-0.05, 0) is 41.4 Å². The average Bonchev–Trinajstić information content (AvgIpc) is 2.09. The third-order valence-corrected chi connectivity index (χ3v) is 2.55. The van der Waals surface area contributed by atoms with Gasteiger partial charge >= 0.3 is 0 Å². The second kappa shape index (κ2) is 3.74. The van der Waals surface area contributed by atoms with Crippen LogP contribution in [-0.4, -0.2) is 16.7 Å². The fourth-order valence-corrected chi connectivity index (χ4v) is 1.71. The molecule has 0 bridgehead atoms. The van der Waals surface area contributed by atoms with Crippen molar-refractivity contribution in [3.63, 3.8) is 0 Å². The normalized spacial score (nSPS) is 15.5. The molecule has 0 saturated carbocycles. The molecule has 0 aliphatic carbocycles. The number of hydrogen-bond donors (Lipinski definition) is 2. The Morgan fingerprint density at radius 1 is 1.69 bits per heavy atom. The number of aliphatic hydroxyl groups is 1. The van der Waals surface area contributed by atoms with Crippen molar-refractivity contribution in [2.24, 2.45) is 5.73 Å². The summed E-state index contributed by atoms with van der Waals surface area (Å²) in [7, 11) is 0. The van der Waals surface area contributed by atoms with Crippen molar-refractivity contribution < 1.29 is 5.11 Å². The highest BCUT2D eigenvalue weighted by molar-refractivity contribution is 9.10. The van der Waals surface area contributed by atoms with Crippen LogP contribution >= 0.6 is 15.9 Å². The lowest BCUT2D eigenvalue weighted by Gasteiger charge is -2.23. The Balaban J connectivity index is 3.20. The van der Waals surface area contributed by atoms with E-state index in [0.717, 1.165) is 11.1 Å². The van der Waals surface area contributed by atoms with E-state index in [1.165, 1.54) is 0 Å². The minimum absolute atomic E-state index is 0.100. The van der Waals surface area contributed by atoms with Gasteiger partial charge in [-0.15, -0.1) is 0 Å². The molecule has 3 nitrogen and oxygen atoms in total. The summed E-state index contributed by atoms with van der Waals surface area (Å²) >= 11 is 3.30. The van der Waals surface area contributed by atoms with E-state index in [1.54, 1.807) is 13.1 Å². The Labute approximate surface area is 86.1 Å². The van der Waals surface area contributed by atoms with Crippen LogP contribution in [-0.2, 0) is 5.54 Å². The lowest BCUT2D eigenvalue weighted by atomic mass is 9.95. The van der Waals surface area contributed by atoms with E-state index in [4.69, 9.17) is 10.8 Å². The van der Waals surface area contributed by atoms with Crippen LogP contribution in [0.15, 0.2) is 16.9 Å². The lowest BCUT2D eigenvalue weighted by molar-refractivity contribution is 0.209. The quantitative estimate of drug-likeness (QED) is 0.772. The van der Waals surface area contributed by atoms with Crippen LogP contribution in [0.1, 0.15) is 18.1 Å². The molecule has 72 valence electrons. The minimum Gasteiger partial charge on any atom is -0.394 e. The Morgan fingerprint density at radius 3 is 2.85 bits per heavy atom. The first-order valence-electron chi connectivity index (χ1n) is 4.00. The summed E-state index contributed by atoms with van der Waals surface area (Å²) < 4.78 is 0.692. The summed E-state index contributed by atoms with van der Waals surface area (Å²) in [4.78, 5) is 4.12. The summed E-state index contributed by atoms with van der Waals surface area (Å²) in [5.41, 5.74) is 7.01. The van der Waals surface area contributed by atoms with E-state index in [9.17, 15) is 0 Å². The molecular weight excluding hydrogens is 232 g/mol. The lowest BCUT2D eigenvalue weighted by Crippen LogP contribution is -2.37. The molecule has 0 aliphatic heterocycles. The van der Waals surface area contributed by atoms with Crippen molar-refractivity contribution in [3.05, 3.63) is 28.0 Å². The molecule has 0 amide bonds. The van der Waals surface area contributed by atoms with Gasteiger partial charge in [0, 0.05) is 11.8 Å². The van der Waals surface area contributed by atoms with Gasteiger partial charge < -0.3 is 10.8 Å². The third kappa shape index (κ3) is 2.27. The first-order valence-corrected chi connectivity index (χ1v) is 4.79. The summed E-state index contributed by atoms with van der Waals surface area (Å²) in [5.74, 6) is 0.